The number of hydrogen-bond acceptors (Lipinski definition) is 3. The number of esters is 1. The molecule has 0 amide bonds. The fourth-order valence-corrected chi connectivity index (χ4v) is 0.689. The minimum absolute atomic E-state index is 0.134. The first-order valence-electron chi connectivity index (χ1n) is 2.54. The molecule has 9 heavy (non-hydrogen) atoms. The minimum atomic E-state index is -0.400. The number of carbonyl (C=O) groups excluding carboxylic acids is 1. The summed E-state index contributed by atoms with van der Waals surface area (Å²) in [6.45, 7) is 1.18. The molecule has 0 aliphatic heterocycles. The summed E-state index contributed by atoms with van der Waals surface area (Å²) < 4.78 is 4.61. The molecule has 0 spiro atoms. The van der Waals surface area contributed by atoms with Crippen molar-refractivity contribution >= 4 is 21.9 Å². The average Bonchev–Trinajstić information content (AvgIpc) is 1.82. The number of halogens is 1. The summed E-state index contributed by atoms with van der Waals surface area (Å²) >= 11 is 3.07. The van der Waals surface area contributed by atoms with Crippen LogP contribution in [-0.2, 0) is 9.53 Å². The van der Waals surface area contributed by atoms with E-state index in [0.717, 1.165) is 0 Å². The number of aliphatic hydroxyl groups excluding tert-OH is 1. The van der Waals surface area contributed by atoms with Gasteiger partial charge in [-0.25, -0.2) is 0 Å². The summed E-state index contributed by atoms with van der Waals surface area (Å²) in [6, 6.07) is 0. The molecule has 1 N–H and O–H groups in total. The predicted octanol–water partition coefficient (Wildman–Crippen LogP) is 0.305. The van der Waals surface area contributed by atoms with Gasteiger partial charge in [-0.15, -0.1) is 0 Å². The standard InChI is InChI=1S/C5H9BrO3/c1-4(8)9-5(2-6)3-7/h5,7H,2-3H2,1H3. The zero-order chi connectivity index (χ0) is 7.28. The van der Waals surface area contributed by atoms with Crippen LogP contribution in [0.4, 0.5) is 0 Å². The van der Waals surface area contributed by atoms with Crippen LogP contribution >= 0.6 is 15.9 Å². The maximum Gasteiger partial charge on any atom is 0.303 e. The van der Waals surface area contributed by atoms with E-state index in [1.54, 1.807) is 0 Å². The van der Waals surface area contributed by atoms with E-state index < -0.39 is 6.10 Å². The van der Waals surface area contributed by atoms with Crippen molar-refractivity contribution in [2.24, 2.45) is 0 Å². The van der Waals surface area contributed by atoms with Crippen molar-refractivity contribution in [3.8, 4) is 0 Å². The van der Waals surface area contributed by atoms with Crippen molar-refractivity contribution in [2.75, 3.05) is 11.9 Å². The first-order chi connectivity index (χ1) is 4.20. The highest BCUT2D eigenvalue weighted by Gasteiger charge is 2.06. The second kappa shape index (κ2) is 4.76. The molecular weight excluding hydrogens is 188 g/mol. The molecule has 0 saturated heterocycles. The quantitative estimate of drug-likeness (QED) is 0.523. The molecule has 0 bridgehead atoms. The van der Waals surface area contributed by atoms with Crippen molar-refractivity contribution in [1.29, 1.82) is 0 Å². The molecule has 0 aliphatic carbocycles. The summed E-state index contributed by atoms with van der Waals surface area (Å²) in [5, 5.41) is 8.94. The largest absolute Gasteiger partial charge is 0.459 e. The smallest absolute Gasteiger partial charge is 0.303 e. The molecule has 0 radical (unpaired) electrons. The van der Waals surface area contributed by atoms with Crippen LogP contribution in [0.2, 0.25) is 0 Å². The Labute approximate surface area is 62.1 Å². The van der Waals surface area contributed by atoms with Crippen LogP contribution in [0.15, 0.2) is 0 Å². The molecule has 0 fully saturated rings. The highest BCUT2D eigenvalue weighted by molar-refractivity contribution is 9.09. The first-order valence-corrected chi connectivity index (χ1v) is 3.67. The zero-order valence-electron chi connectivity index (χ0n) is 5.13. The van der Waals surface area contributed by atoms with E-state index in [2.05, 4.69) is 20.7 Å². The van der Waals surface area contributed by atoms with Crippen LogP contribution in [0.3, 0.4) is 0 Å². The third kappa shape index (κ3) is 4.42. The Morgan fingerprint density at radius 3 is 2.56 bits per heavy atom. The molecular formula is C5H9BrO3. The van der Waals surface area contributed by atoms with Gasteiger partial charge in [-0.2, -0.15) is 0 Å². The number of carbonyl (C=O) groups is 1. The van der Waals surface area contributed by atoms with Gasteiger partial charge in [0.2, 0.25) is 0 Å². The fourth-order valence-electron chi connectivity index (χ4n) is 0.352. The lowest BCUT2D eigenvalue weighted by Gasteiger charge is -2.09. The van der Waals surface area contributed by atoms with Gasteiger partial charge >= 0.3 is 5.97 Å². The van der Waals surface area contributed by atoms with Gasteiger partial charge in [0.05, 0.1) is 6.61 Å². The summed E-state index contributed by atoms with van der Waals surface area (Å²) in [5.41, 5.74) is 0. The molecule has 54 valence electrons. The lowest BCUT2D eigenvalue weighted by molar-refractivity contribution is -0.146. The number of aliphatic hydroxyl groups is 1. The molecule has 0 aliphatic rings. The SMILES string of the molecule is CC(=O)OC(CO)CBr. The lowest BCUT2D eigenvalue weighted by Crippen LogP contribution is -2.21. The normalized spacial score (nSPS) is 12.8. The van der Waals surface area contributed by atoms with Crippen molar-refractivity contribution in [2.45, 2.75) is 13.0 Å². The van der Waals surface area contributed by atoms with Gasteiger partial charge in [0, 0.05) is 12.3 Å². The van der Waals surface area contributed by atoms with Crippen molar-refractivity contribution in [3.05, 3.63) is 0 Å². The Morgan fingerprint density at radius 1 is 1.89 bits per heavy atom. The van der Waals surface area contributed by atoms with Gasteiger partial charge in [0.25, 0.3) is 0 Å². The van der Waals surface area contributed by atoms with Crippen LogP contribution < -0.4 is 0 Å². The number of rotatable bonds is 3. The first kappa shape index (κ1) is 8.91. The molecule has 0 aromatic carbocycles. The third-order valence-electron chi connectivity index (χ3n) is 0.708. The molecule has 1 atom stereocenters. The van der Waals surface area contributed by atoms with E-state index in [0.29, 0.717) is 5.33 Å². The van der Waals surface area contributed by atoms with E-state index in [-0.39, 0.29) is 12.6 Å². The van der Waals surface area contributed by atoms with Gasteiger partial charge < -0.3 is 9.84 Å². The van der Waals surface area contributed by atoms with Gasteiger partial charge in [0.15, 0.2) is 0 Å². The molecule has 0 saturated carbocycles. The molecule has 0 rings (SSSR count). The minimum Gasteiger partial charge on any atom is -0.459 e. The van der Waals surface area contributed by atoms with Crippen LogP contribution in [-0.4, -0.2) is 29.1 Å². The molecule has 1 unspecified atom stereocenters. The van der Waals surface area contributed by atoms with E-state index in [9.17, 15) is 4.79 Å². The summed E-state index contributed by atoms with van der Waals surface area (Å²) in [7, 11) is 0. The zero-order valence-corrected chi connectivity index (χ0v) is 6.72. The third-order valence-corrected chi connectivity index (χ3v) is 1.43. The van der Waals surface area contributed by atoms with Gasteiger partial charge in [-0.1, -0.05) is 15.9 Å². The molecule has 3 nitrogen and oxygen atoms in total. The van der Waals surface area contributed by atoms with Crippen molar-refractivity contribution in [1.82, 2.24) is 0 Å². The Morgan fingerprint density at radius 2 is 2.44 bits per heavy atom. The number of hydrogen-bond donors (Lipinski definition) is 1. The monoisotopic (exact) mass is 196 g/mol. The summed E-state index contributed by atoms with van der Waals surface area (Å²) in [6.07, 6.45) is -0.400. The Balaban J connectivity index is 3.43. The van der Waals surface area contributed by atoms with E-state index in [1.807, 2.05) is 0 Å². The van der Waals surface area contributed by atoms with Gasteiger partial charge in [0.1, 0.15) is 6.10 Å². The Hall–Kier alpha value is -0.0900. The van der Waals surface area contributed by atoms with Crippen LogP contribution in [0, 0.1) is 0 Å². The van der Waals surface area contributed by atoms with Crippen molar-refractivity contribution in [3.63, 3.8) is 0 Å². The Bertz CT molecular complexity index is 90.2. The van der Waals surface area contributed by atoms with Gasteiger partial charge in [-0.3, -0.25) is 4.79 Å². The second-order valence-electron chi connectivity index (χ2n) is 1.57. The predicted molar refractivity (Wildman–Crippen MR) is 36.4 cm³/mol. The molecule has 0 aromatic rings. The average molecular weight is 197 g/mol. The maximum absolute atomic E-state index is 10.2. The Kier molecular flexibility index (Phi) is 4.71. The van der Waals surface area contributed by atoms with Crippen LogP contribution in [0.5, 0.6) is 0 Å². The second-order valence-corrected chi connectivity index (χ2v) is 2.22. The fraction of sp³-hybridized carbons (Fsp3) is 0.800. The summed E-state index contributed by atoms with van der Waals surface area (Å²) in [4.78, 5) is 10.2. The van der Waals surface area contributed by atoms with Gasteiger partial charge in [-0.05, 0) is 0 Å². The van der Waals surface area contributed by atoms with Crippen LogP contribution in [0.25, 0.3) is 0 Å². The molecule has 0 aromatic heterocycles. The highest BCUT2D eigenvalue weighted by atomic mass is 79.9. The van der Waals surface area contributed by atoms with E-state index >= 15 is 0 Å². The van der Waals surface area contributed by atoms with E-state index in [4.69, 9.17) is 5.11 Å². The topological polar surface area (TPSA) is 46.5 Å². The van der Waals surface area contributed by atoms with Crippen molar-refractivity contribution < 1.29 is 14.6 Å². The summed E-state index contributed by atoms with van der Waals surface area (Å²) in [5.74, 6) is -0.367. The van der Waals surface area contributed by atoms with E-state index in [1.165, 1.54) is 6.92 Å². The number of ether oxygens (including phenoxy) is 1. The van der Waals surface area contributed by atoms with Crippen LogP contribution in [0.1, 0.15) is 6.92 Å². The highest BCUT2D eigenvalue weighted by Crippen LogP contribution is 1.95. The molecule has 4 heteroatoms. The lowest BCUT2D eigenvalue weighted by atomic mass is 10.4. The molecule has 0 heterocycles. The number of alkyl halides is 1. The maximum atomic E-state index is 10.2.